The normalized spacial score (nSPS) is 17.9. The van der Waals surface area contributed by atoms with Gasteiger partial charge in [-0.2, -0.15) is 5.10 Å². The molecule has 1 heterocycles. The second-order valence-electron chi connectivity index (χ2n) is 6.13. The van der Waals surface area contributed by atoms with Crippen molar-refractivity contribution in [3.63, 3.8) is 0 Å². The van der Waals surface area contributed by atoms with Crippen molar-refractivity contribution in [3.8, 4) is 0 Å². The van der Waals surface area contributed by atoms with Gasteiger partial charge in [-0.1, -0.05) is 13.8 Å². The van der Waals surface area contributed by atoms with Gasteiger partial charge in [-0.05, 0) is 51.1 Å². The van der Waals surface area contributed by atoms with Crippen LogP contribution in [0.2, 0.25) is 0 Å². The van der Waals surface area contributed by atoms with Crippen molar-refractivity contribution in [1.82, 2.24) is 15.1 Å². The predicted molar refractivity (Wildman–Crippen MR) is 86.5 cm³/mol. The minimum atomic E-state index is 0.349. The van der Waals surface area contributed by atoms with Crippen LogP contribution < -0.4 is 5.32 Å². The molecule has 0 radical (unpaired) electrons. The lowest BCUT2D eigenvalue weighted by Gasteiger charge is -2.28. The summed E-state index contributed by atoms with van der Waals surface area (Å²) < 4.78 is 8.12. The lowest BCUT2D eigenvalue weighted by molar-refractivity contribution is 0.0188. The predicted octanol–water partition coefficient (Wildman–Crippen LogP) is 2.71. The van der Waals surface area contributed by atoms with E-state index in [1.54, 1.807) is 0 Å². The molecule has 1 aromatic heterocycles. The summed E-state index contributed by atoms with van der Waals surface area (Å²) in [6.45, 7) is 8.34. The van der Waals surface area contributed by atoms with Gasteiger partial charge in [-0.25, -0.2) is 0 Å². The third-order valence-corrected chi connectivity index (χ3v) is 4.32. The number of aryl methyl sites for hydroxylation is 2. The first-order chi connectivity index (χ1) is 10.2. The van der Waals surface area contributed by atoms with Crippen LogP contribution in [0.25, 0.3) is 0 Å². The highest BCUT2D eigenvalue weighted by Crippen LogP contribution is 2.36. The van der Waals surface area contributed by atoms with Crippen LogP contribution in [0.5, 0.6) is 0 Å². The zero-order valence-electron chi connectivity index (χ0n) is 14.1. The molecule has 2 atom stereocenters. The first-order valence-corrected chi connectivity index (χ1v) is 8.56. The van der Waals surface area contributed by atoms with E-state index in [-0.39, 0.29) is 0 Å². The first kappa shape index (κ1) is 16.5. The van der Waals surface area contributed by atoms with E-state index in [2.05, 4.69) is 44.3 Å². The summed E-state index contributed by atoms with van der Waals surface area (Å²) >= 11 is 0. The van der Waals surface area contributed by atoms with Crippen LogP contribution >= 0.6 is 0 Å². The standard InChI is InChI=1S/C17H31N3O/c1-5-10-18-16(17(21-7-3)13-8-9-13)12-15-11-14(6-2)19-20(15)4/h11,13,16-18H,5-10,12H2,1-4H3. The summed E-state index contributed by atoms with van der Waals surface area (Å²) in [7, 11) is 2.05. The number of nitrogens with zero attached hydrogens (tertiary/aromatic N) is 2. The minimum Gasteiger partial charge on any atom is -0.377 e. The SMILES string of the molecule is CCCNC(Cc1cc(CC)nn1C)C(OCC)C1CC1. The molecule has 1 aliphatic rings. The first-order valence-electron chi connectivity index (χ1n) is 8.56. The molecule has 2 unspecified atom stereocenters. The van der Waals surface area contributed by atoms with Gasteiger partial charge < -0.3 is 10.1 Å². The highest BCUT2D eigenvalue weighted by Gasteiger charge is 2.37. The molecule has 21 heavy (non-hydrogen) atoms. The molecule has 1 aliphatic carbocycles. The average Bonchev–Trinajstić information content (AvgIpc) is 3.26. The van der Waals surface area contributed by atoms with Gasteiger partial charge in [0.2, 0.25) is 0 Å². The Morgan fingerprint density at radius 1 is 1.38 bits per heavy atom. The maximum absolute atomic E-state index is 6.08. The molecule has 1 saturated carbocycles. The molecule has 0 aromatic carbocycles. The maximum Gasteiger partial charge on any atom is 0.0759 e. The van der Waals surface area contributed by atoms with Crippen LogP contribution in [-0.4, -0.2) is 35.1 Å². The second kappa shape index (κ2) is 7.95. The Balaban J connectivity index is 2.08. The summed E-state index contributed by atoms with van der Waals surface area (Å²) in [5, 5.41) is 8.29. The Hall–Kier alpha value is -0.870. The van der Waals surface area contributed by atoms with E-state index < -0.39 is 0 Å². The van der Waals surface area contributed by atoms with Gasteiger partial charge in [0.15, 0.2) is 0 Å². The number of aromatic nitrogens is 2. The van der Waals surface area contributed by atoms with Gasteiger partial charge in [0.25, 0.3) is 0 Å². The number of nitrogens with one attached hydrogen (secondary N) is 1. The van der Waals surface area contributed by atoms with E-state index in [0.29, 0.717) is 12.1 Å². The summed E-state index contributed by atoms with van der Waals surface area (Å²) in [5.41, 5.74) is 2.49. The van der Waals surface area contributed by atoms with Crippen molar-refractivity contribution in [2.75, 3.05) is 13.2 Å². The molecular formula is C17H31N3O. The molecule has 0 spiro atoms. The van der Waals surface area contributed by atoms with Crippen molar-refractivity contribution in [2.45, 2.75) is 65.0 Å². The fourth-order valence-corrected chi connectivity index (χ4v) is 2.99. The third-order valence-electron chi connectivity index (χ3n) is 4.32. The maximum atomic E-state index is 6.08. The molecule has 1 aromatic rings. The van der Waals surface area contributed by atoms with E-state index >= 15 is 0 Å². The van der Waals surface area contributed by atoms with Gasteiger partial charge >= 0.3 is 0 Å². The van der Waals surface area contributed by atoms with Gasteiger partial charge in [0, 0.05) is 31.8 Å². The molecule has 120 valence electrons. The van der Waals surface area contributed by atoms with Crippen molar-refractivity contribution < 1.29 is 4.74 Å². The number of ether oxygens (including phenoxy) is 1. The monoisotopic (exact) mass is 293 g/mol. The van der Waals surface area contributed by atoms with Crippen molar-refractivity contribution >= 4 is 0 Å². The van der Waals surface area contributed by atoms with Gasteiger partial charge in [0.1, 0.15) is 0 Å². The fraction of sp³-hybridized carbons (Fsp3) is 0.824. The minimum absolute atomic E-state index is 0.349. The molecule has 0 amide bonds. The van der Waals surface area contributed by atoms with Crippen LogP contribution in [0, 0.1) is 5.92 Å². The topological polar surface area (TPSA) is 39.1 Å². The van der Waals surface area contributed by atoms with Crippen molar-refractivity contribution in [2.24, 2.45) is 13.0 Å². The largest absolute Gasteiger partial charge is 0.377 e. The highest BCUT2D eigenvalue weighted by molar-refractivity contribution is 5.12. The van der Waals surface area contributed by atoms with Gasteiger partial charge in [-0.3, -0.25) is 4.68 Å². The van der Waals surface area contributed by atoms with Crippen LogP contribution in [-0.2, 0) is 24.6 Å². The van der Waals surface area contributed by atoms with E-state index in [0.717, 1.165) is 38.3 Å². The molecule has 1 fully saturated rings. The Morgan fingerprint density at radius 2 is 2.14 bits per heavy atom. The van der Waals surface area contributed by atoms with Crippen LogP contribution in [0.3, 0.4) is 0 Å². The summed E-state index contributed by atoms with van der Waals surface area (Å²) in [4.78, 5) is 0. The molecule has 0 bridgehead atoms. The summed E-state index contributed by atoms with van der Waals surface area (Å²) in [5.74, 6) is 0.748. The molecule has 4 nitrogen and oxygen atoms in total. The molecule has 0 saturated heterocycles. The lowest BCUT2D eigenvalue weighted by atomic mass is 10.0. The fourth-order valence-electron chi connectivity index (χ4n) is 2.99. The Morgan fingerprint density at radius 3 is 2.67 bits per heavy atom. The zero-order chi connectivity index (χ0) is 15.2. The molecular weight excluding hydrogens is 262 g/mol. The molecule has 2 rings (SSSR count). The van der Waals surface area contributed by atoms with Gasteiger partial charge in [0.05, 0.1) is 11.8 Å². The number of hydrogen-bond donors (Lipinski definition) is 1. The number of rotatable bonds is 10. The summed E-state index contributed by atoms with van der Waals surface area (Å²) in [6, 6.07) is 2.65. The lowest BCUT2D eigenvalue weighted by Crippen LogP contribution is -2.45. The van der Waals surface area contributed by atoms with Crippen LogP contribution in [0.15, 0.2) is 6.07 Å². The third kappa shape index (κ3) is 4.55. The van der Waals surface area contributed by atoms with Crippen LogP contribution in [0.4, 0.5) is 0 Å². The van der Waals surface area contributed by atoms with E-state index in [1.807, 2.05) is 4.68 Å². The Bertz CT molecular complexity index is 426. The highest BCUT2D eigenvalue weighted by atomic mass is 16.5. The smallest absolute Gasteiger partial charge is 0.0759 e. The summed E-state index contributed by atoms with van der Waals surface area (Å²) in [6.07, 6.45) is 6.15. The zero-order valence-corrected chi connectivity index (χ0v) is 14.1. The Labute approximate surface area is 129 Å². The second-order valence-corrected chi connectivity index (χ2v) is 6.13. The quantitative estimate of drug-likeness (QED) is 0.721. The number of hydrogen-bond acceptors (Lipinski definition) is 3. The van der Waals surface area contributed by atoms with Gasteiger partial charge in [-0.15, -0.1) is 0 Å². The molecule has 4 heteroatoms. The van der Waals surface area contributed by atoms with Crippen LogP contribution in [0.1, 0.15) is 51.4 Å². The Kier molecular flexibility index (Phi) is 6.24. The van der Waals surface area contributed by atoms with E-state index in [1.165, 1.54) is 24.2 Å². The molecule has 1 N–H and O–H groups in total. The van der Waals surface area contributed by atoms with E-state index in [9.17, 15) is 0 Å². The average molecular weight is 293 g/mol. The van der Waals surface area contributed by atoms with E-state index in [4.69, 9.17) is 4.74 Å². The van der Waals surface area contributed by atoms with Crippen molar-refractivity contribution in [1.29, 1.82) is 0 Å². The van der Waals surface area contributed by atoms with Crippen molar-refractivity contribution in [3.05, 3.63) is 17.5 Å². The molecule has 0 aliphatic heterocycles.